The first-order valence-electron chi connectivity index (χ1n) is 5.27. The molecule has 0 spiro atoms. The lowest BCUT2D eigenvalue weighted by Crippen LogP contribution is -2.67. The van der Waals surface area contributed by atoms with Gasteiger partial charge in [0.1, 0.15) is 12.2 Å². The summed E-state index contributed by atoms with van der Waals surface area (Å²) in [6.07, 6.45) is 5.86. The van der Waals surface area contributed by atoms with Gasteiger partial charge in [-0.1, -0.05) is 0 Å². The Kier molecular flexibility index (Phi) is 1.92. The zero-order chi connectivity index (χ0) is 10.3. The second-order valence-corrected chi connectivity index (χ2v) is 3.97. The quantitative estimate of drug-likeness (QED) is 0.462. The molecule has 0 aromatic heterocycles. The first-order chi connectivity index (χ1) is 7.36. The van der Waals surface area contributed by atoms with Gasteiger partial charge in [-0.3, -0.25) is 4.79 Å². The molecule has 0 aromatic rings. The molecule has 2 saturated heterocycles. The molecule has 0 saturated carbocycles. The normalized spacial score (nSPS) is 33.5. The van der Waals surface area contributed by atoms with E-state index in [0.717, 1.165) is 19.6 Å². The van der Waals surface area contributed by atoms with E-state index in [2.05, 4.69) is 26.9 Å². The lowest BCUT2D eigenvalue weighted by molar-refractivity contribution is -0.129. The number of carbonyl (C=O) groups excluding carboxylic acids is 1. The van der Waals surface area contributed by atoms with E-state index >= 15 is 0 Å². The Bertz CT molecular complexity index is 349. The Labute approximate surface area is 88.2 Å². The highest BCUT2D eigenvalue weighted by Crippen LogP contribution is 2.21. The molecule has 80 valence electrons. The van der Waals surface area contributed by atoms with Crippen LogP contribution in [0.2, 0.25) is 0 Å². The van der Waals surface area contributed by atoms with Crippen molar-refractivity contribution >= 4 is 5.91 Å². The Balaban J connectivity index is 1.93. The Morgan fingerprint density at radius 3 is 3.33 bits per heavy atom. The number of nitrogens with zero attached hydrogens (tertiary/aromatic N) is 1. The third kappa shape index (κ3) is 1.31. The van der Waals surface area contributed by atoms with Crippen LogP contribution in [0.25, 0.3) is 0 Å². The first kappa shape index (κ1) is 8.79. The molecule has 3 heterocycles. The van der Waals surface area contributed by atoms with E-state index < -0.39 is 0 Å². The van der Waals surface area contributed by atoms with Crippen molar-refractivity contribution in [2.24, 2.45) is 0 Å². The van der Waals surface area contributed by atoms with Crippen molar-refractivity contribution in [1.29, 1.82) is 0 Å². The van der Waals surface area contributed by atoms with Crippen LogP contribution in [0.15, 0.2) is 24.0 Å². The molecule has 5 heteroatoms. The van der Waals surface area contributed by atoms with Gasteiger partial charge in [0, 0.05) is 19.6 Å². The number of hydrogen-bond acceptors (Lipinski definition) is 4. The van der Waals surface area contributed by atoms with Crippen molar-refractivity contribution in [3.05, 3.63) is 24.0 Å². The molecule has 3 aliphatic rings. The number of nitrogens with one attached hydrogen (secondary N) is 3. The number of rotatable bonds is 0. The smallest absolute Gasteiger partial charge is 0.245 e. The molecule has 15 heavy (non-hydrogen) atoms. The number of allylic oxidation sites excluding steroid dienone is 2. The van der Waals surface area contributed by atoms with Crippen LogP contribution < -0.4 is 16.0 Å². The van der Waals surface area contributed by atoms with Crippen molar-refractivity contribution < 1.29 is 4.79 Å². The molecular weight excluding hydrogens is 192 g/mol. The fourth-order valence-corrected chi connectivity index (χ4v) is 2.34. The average molecular weight is 206 g/mol. The summed E-state index contributed by atoms with van der Waals surface area (Å²) in [6, 6.07) is -0.0467. The van der Waals surface area contributed by atoms with Gasteiger partial charge in [0.2, 0.25) is 5.91 Å². The van der Waals surface area contributed by atoms with Crippen molar-refractivity contribution in [2.75, 3.05) is 19.6 Å². The largest absolute Gasteiger partial charge is 0.366 e. The molecule has 0 radical (unpaired) electrons. The fraction of sp³-hybridized carbons (Fsp3) is 0.500. The van der Waals surface area contributed by atoms with Crippen LogP contribution in [0.4, 0.5) is 0 Å². The van der Waals surface area contributed by atoms with Crippen LogP contribution in [0, 0.1) is 0 Å². The fourth-order valence-electron chi connectivity index (χ4n) is 2.34. The van der Waals surface area contributed by atoms with Gasteiger partial charge < -0.3 is 20.9 Å². The minimum absolute atomic E-state index is 0.0446. The summed E-state index contributed by atoms with van der Waals surface area (Å²) in [4.78, 5) is 14.0. The van der Waals surface area contributed by atoms with Gasteiger partial charge in [0.25, 0.3) is 0 Å². The van der Waals surface area contributed by atoms with Crippen LogP contribution in [0.5, 0.6) is 0 Å². The van der Waals surface area contributed by atoms with Crippen LogP contribution >= 0.6 is 0 Å². The zero-order valence-corrected chi connectivity index (χ0v) is 8.36. The summed E-state index contributed by atoms with van der Waals surface area (Å²) >= 11 is 0. The monoisotopic (exact) mass is 206 g/mol. The molecule has 2 unspecified atom stereocenters. The van der Waals surface area contributed by atoms with Crippen LogP contribution in [0.1, 0.15) is 0 Å². The highest BCUT2D eigenvalue weighted by molar-refractivity contribution is 5.84. The number of carbonyl (C=O) groups is 1. The minimum atomic E-state index is -0.0467. The molecule has 2 fully saturated rings. The zero-order valence-electron chi connectivity index (χ0n) is 8.36. The Hall–Kier alpha value is -1.49. The third-order valence-electron chi connectivity index (χ3n) is 3.09. The van der Waals surface area contributed by atoms with Crippen LogP contribution in [-0.2, 0) is 4.79 Å². The molecule has 0 aliphatic carbocycles. The summed E-state index contributed by atoms with van der Waals surface area (Å²) < 4.78 is 0. The van der Waals surface area contributed by atoms with Crippen molar-refractivity contribution in [3.8, 4) is 0 Å². The molecule has 0 aromatic carbocycles. The highest BCUT2D eigenvalue weighted by atomic mass is 16.2. The topological polar surface area (TPSA) is 56.4 Å². The lowest BCUT2D eigenvalue weighted by Gasteiger charge is -2.46. The van der Waals surface area contributed by atoms with Gasteiger partial charge in [-0.25, -0.2) is 0 Å². The standard InChI is InChI=1S/C10H14N4O/c15-10-8-6-11-4-5-14(8)7-2-1-3-12-9(7)13-10/h1-3,8-9,11-12H,4-6H2,(H,13,15). The number of fused-ring (bicyclic) bond motifs is 3. The van der Waals surface area contributed by atoms with Crippen LogP contribution in [0.3, 0.4) is 0 Å². The Morgan fingerprint density at radius 2 is 2.40 bits per heavy atom. The van der Waals surface area contributed by atoms with Gasteiger partial charge >= 0.3 is 0 Å². The predicted octanol–water partition coefficient (Wildman–Crippen LogP) is -1.28. The van der Waals surface area contributed by atoms with Gasteiger partial charge in [0.15, 0.2) is 0 Å². The van der Waals surface area contributed by atoms with E-state index in [1.165, 1.54) is 5.70 Å². The predicted molar refractivity (Wildman–Crippen MR) is 55.7 cm³/mol. The summed E-state index contributed by atoms with van der Waals surface area (Å²) in [5, 5.41) is 9.35. The third-order valence-corrected chi connectivity index (χ3v) is 3.09. The van der Waals surface area contributed by atoms with Gasteiger partial charge in [-0.15, -0.1) is 0 Å². The summed E-state index contributed by atoms with van der Waals surface area (Å²) in [6.45, 7) is 2.58. The molecule has 2 atom stereocenters. The maximum Gasteiger partial charge on any atom is 0.245 e. The number of dihydropyridines is 1. The van der Waals surface area contributed by atoms with Crippen molar-refractivity contribution in [2.45, 2.75) is 12.2 Å². The molecule has 5 nitrogen and oxygen atoms in total. The maximum atomic E-state index is 11.8. The van der Waals surface area contributed by atoms with Gasteiger partial charge in [-0.05, 0) is 18.4 Å². The molecule has 1 amide bonds. The lowest BCUT2D eigenvalue weighted by atomic mass is 10.0. The van der Waals surface area contributed by atoms with E-state index in [9.17, 15) is 4.79 Å². The van der Waals surface area contributed by atoms with Crippen molar-refractivity contribution in [3.63, 3.8) is 0 Å². The van der Waals surface area contributed by atoms with E-state index in [4.69, 9.17) is 0 Å². The molecule has 3 N–H and O–H groups in total. The van der Waals surface area contributed by atoms with Gasteiger partial charge in [-0.2, -0.15) is 0 Å². The number of hydrogen-bond donors (Lipinski definition) is 3. The van der Waals surface area contributed by atoms with E-state index in [1.807, 2.05) is 12.3 Å². The second-order valence-electron chi connectivity index (χ2n) is 3.97. The summed E-state index contributed by atoms with van der Waals surface area (Å²) in [5.74, 6) is 0.104. The van der Waals surface area contributed by atoms with Crippen LogP contribution in [-0.4, -0.2) is 42.6 Å². The summed E-state index contributed by atoms with van der Waals surface area (Å²) in [7, 11) is 0. The van der Waals surface area contributed by atoms with E-state index in [-0.39, 0.29) is 18.1 Å². The van der Waals surface area contributed by atoms with Gasteiger partial charge in [0.05, 0.1) is 5.70 Å². The molecule has 3 aliphatic heterocycles. The summed E-state index contributed by atoms with van der Waals surface area (Å²) in [5.41, 5.74) is 1.17. The second kappa shape index (κ2) is 3.27. The SMILES string of the molecule is O=C1NC2NC=CC=C2N2CCNCC12. The molecule has 3 rings (SSSR count). The van der Waals surface area contributed by atoms with E-state index in [1.54, 1.807) is 0 Å². The van der Waals surface area contributed by atoms with E-state index in [0.29, 0.717) is 0 Å². The Morgan fingerprint density at radius 1 is 1.47 bits per heavy atom. The average Bonchev–Trinajstić information content (AvgIpc) is 2.30. The highest BCUT2D eigenvalue weighted by Gasteiger charge is 2.38. The number of amides is 1. The minimum Gasteiger partial charge on any atom is -0.366 e. The first-order valence-corrected chi connectivity index (χ1v) is 5.27. The van der Waals surface area contributed by atoms with Crippen molar-refractivity contribution in [1.82, 2.24) is 20.9 Å². The molecule has 0 bridgehead atoms. The molecular formula is C10H14N4O. The maximum absolute atomic E-state index is 11.8. The number of piperazine rings is 2.